The Bertz CT molecular complexity index is 947. The minimum atomic E-state index is -0.964. The first-order chi connectivity index (χ1) is 13.0. The first kappa shape index (κ1) is 19.4. The Morgan fingerprint density at radius 2 is 2.04 bits per heavy atom. The quantitative estimate of drug-likeness (QED) is 0.446. The second-order valence-corrected chi connectivity index (χ2v) is 8.33. The summed E-state index contributed by atoms with van der Waals surface area (Å²) in [5.41, 5.74) is -0.297. The standard InChI is InChI=1S/C16H12F2N4O2S3/c17-9-3-4-11(12(18)6-9)14(24)20-15-21-22-16(27-15)26-8-13(23)19-7-10-2-1-5-25-10/h1-6H,7-8H2,(H,19,23)(H,20,21,24). The van der Waals surface area contributed by atoms with E-state index in [1.54, 1.807) is 11.3 Å². The molecule has 11 heteroatoms. The average molecular weight is 426 g/mol. The van der Waals surface area contributed by atoms with E-state index >= 15 is 0 Å². The first-order valence-electron chi connectivity index (χ1n) is 7.53. The van der Waals surface area contributed by atoms with Gasteiger partial charge in [-0.15, -0.1) is 21.5 Å². The molecule has 0 fully saturated rings. The Morgan fingerprint density at radius 1 is 1.19 bits per heavy atom. The fourth-order valence-corrected chi connectivity index (χ4v) is 4.16. The van der Waals surface area contributed by atoms with Crippen molar-refractivity contribution in [1.82, 2.24) is 15.5 Å². The number of amides is 2. The Kier molecular flexibility index (Phi) is 6.48. The van der Waals surface area contributed by atoms with E-state index in [4.69, 9.17) is 0 Å². The van der Waals surface area contributed by atoms with Crippen LogP contribution in [0.15, 0.2) is 40.1 Å². The molecule has 0 bridgehead atoms. The van der Waals surface area contributed by atoms with Crippen molar-refractivity contribution in [1.29, 1.82) is 0 Å². The van der Waals surface area contributed by atoms with Gasteiger partial charge in [-0.25, -0.2) is 8.78 Å². The van der Waals surface area contributed by atoms with Crippen molar-refractivity contribution in [2.75, 3.05) is 11.1 Å². The summed E-state index contributed by atoms with van der Waals surface area (Å²) in [6.45, 7) is 0.470. The van der Waals surface area contributed by atoms with Crippen LogP contribution < -0.4 is 10.6 Å². The van der Waals surface area contributed by atoms with Gasteiger partial charge in [0.1, 0.15) is 11.6 Å². The number of thiophene rings is 1. The molecule has 6 nitrogen and oxygen atoms in total. The Hall–Kier alpha value is -2.37. The summed E-state index contributed by atoms with van der Waals surface area (Å²) in [5.74, 6) is -2.48. The molecule has 27 heavy (non-hydrogen) atoms. The van der Waals surface area contributed by atoms with Crippen LogP contribution >= 0.6 is 34.4 Å². The number of benzene rings is 1. The number of nitrogens with one attached hydrogen (secondary N) is 2. The van der Waals surface area contributed by atoms with E-state index in [0.717, 1.165) is 28.3 Å². The van der Waals surface area contributed by atoms with E-state index in [-0.39, 0.29) is 22.4 Å². The lowest BCUT2D eigenvalue weighted by molar-refractivity contribution is -0.118. The molecular formula is C16H12F2N4O2S3. The number of hydrogen-bond acceptors (Lipinski definition) is 7. The van der Waals surface area contributed by atoms with E-state index < -0.39 is 17.5 Å². The predicted molar refractivity (Wildman–Crippen MR) is 101 cm³/mol. The third-order valence-electron chi connectivity index (χ3n) is 3.17. The fourth-order valence-electron chi connectivity index (χ4n) is 1.93. The van der Waals surface area contributed by atoms with Gasteiger partial charge in [0.2, 0.25) is 11.0 Å². The summed E-state index contributed by atoms with van der Waals surface area (Å²) < 4.78 is 27.0. The van der Waals surface area contributed by atoms with Crippen molar-refractivity contribution in [3.8, 4) is 0 Å². The molecule has 2 heterocycles. The Balaban J connectivity index is 1.49. The number of nitrogens with zero attached hydrogens (tertiary/aromatic N) is 2. The molecule has 0 saturated carbocycles. The summed E-state index contributed by atoms with van der Waals surface area (Å²) in [5, 5.41) is 14.9. The predicted octanol–water partition coefficient (Wildman–Crippen LogP) is 3.54. The summed E-state index contributed by atoms with van der Waals surface area (Å²) in [6, 6.07) is 6.52. The normalized spacial score (nSPS) is 10.6. The summed E-state index contributed by atoms with van der Waals surface area (Å²) in [7, 11) is 0. The average Bonchev–Trinajstić information content (AvgIpc) is 3.30. The van der Waals surface area contributed by atoms with Crippen molar-refractivity contribution in [2.45, 2.75) is 10.9 Å². The lowest BCUT2D eigenvalue weighted by atomic mass is 10.2. The molecule has 0 aliphatic heterocycles. The largest absolute Gasteiger partial charge is 0.350 e. The van der Waals surface area contributed by atoms with Crippen LogP contribution in [0.25, 0.3) is 0 Å². The third kappa shape index (κ3) is 5.55. The van der Waals surface area contributed by atoms with Crippen molar-refractivity contribution in [3.63, 3.8) is 0 Å². The van der Waals surface area contributed by atoms with Crippen LogP contribution in [0.2, 0.25) is 0 Å². The highest BCUT2D eigenvalue weighted by molar-refractivity contribution is 8.01. The van der Waals surface area contributed by atoms with Crippen LogP contribution in [0, 0.1) is 11.6 Å². The molecule has 0 unspecified atom stereocenters. The van der Waals surface area contributed by atoms with Gasteiger partial charge in [0.15, 0.2) is 4.34 Å². The van der Waals surface area contributed by atoms with Crippen LogP contribution in [0.1, 0.15) is 15.2 Å². The van der Waals surface area contributed by atoms with E-state index in [1.165, 1.54) is 11.8 Å². The number of rotatable bonds is 7. The molecule has 0 aliphatic carbocycles. The molecule has 0 spiro atoms. The van der Waals surface area contributed by atoms with Gasteiger partial charge in [0.25, 0.3) is 5.91 Å². The van der Waals surface area contributed by atoms with Gasteiger partial charge in [-0.1, -0.05) is 29.2 Å². The fraction of sp³-hybridized carbons (Fsp3) is 0.125. The van der Waals surface area contributed by atoms with Gasteiger partial charge < -0.3 is 5.32 Å². The molecule has 0 radical (unpaired) electrons. The molecule has 2 N–H and O–H groups in total. The molecule has 1 aromatic carbocycles. The van der Waals surface area contributed by atoms with E-state index in [0.29, 0.717) is 17.0 Å². The van der Waals surface area contributed by atoms with Gasteiger partial charge in [0, 0.05) is 10.9 Å². The van der Waals surface area contributed by atoms with Crippen LogP contribution in [0.3, 0.4) is 0 Å². The number of halogens is 2. The van der Waals surface area contributed by atoms with Gasteiger partial charge in [-0.05, 0) is 23.6 Å². The monoisotopic (exact) mass is 426 g/mol. The molecule has 2 amide bonds. The van der Waals surface area contributed by atoms with Gasteiger partial charge in [-0.2, -0.15) is 0 Å². The third-order valence-corrected chi connectivity index (χ3v) is 6.02. The maximum absolute atomic E-state index is 13.6. The maximum atomic E-state index is 13.6. The molecule has 0 saturated heterocycles. The van der Waals surface area contributed by atoms with E-state index in [9.17, 15) is 18.4 Å². The maximum Gasteiger partial charge on any atom is 0.260 e. The topological polar surface area (TPSA) is 84.0 Å². The highest BCUT2D eigenvalue weighted by atomic mass is 32.2. The highest BCUT2D eigenvalue weighted by Crippen LogP contribution is 2.26. The van der Waals surface area contributed by atoms with Crippen LogP contribution in [0.5, 0.6) is 0 Å². The number of aromatic nitrogens is 2. The zero-order valence-corrected chi connectivity index (χ0v) is 16.0. The summed E-state index contributed by atoms with van der Waals surface area (Å²) >= 11 is 3.79. The van der Waals surface area contributed by atoms with E-state index in [2.05, 4.69) is 20.8 Å². The second kappa shape index (κ2) is 9.02. The zero-order valence-electron chi connectivity index (χ0n) is 13.6. The number of carbonyl (C=O) groups is 2. The van der Waals surface area contributed by atoms with E-state index in [1.807, 2.05) is 17.5 Å². The SMILES string of the molecule is O=C(CSc1nnc(NC(=O)c2ccc(F)cc2F)s1)NCc1cccs1. The molecule has 3 aromatic rings. The number of thioether (sulfide) groups is 1. The Labute approximate surface area is 165 Å². The number of anilines is 1. The molecule has 0 atom stereocenters. The van der Waals surface area contributed by atoms with Gasteiger partial charge in [-0.3, -0.25) is 14.9 Å². The molecular weight excluding hydrogens is 414 g/mol. The van der Waals surface area contributed by atoms with Crippen molar-refractivity contribution in [2.24, 2.45) is 0 Å². The summed E-state index contributed by atoms with van der Waals surface area (Å²) in [6.07, 6.45) is 0. The number of hydrogen-bond donors (Lipinski definition) is 2. The lowest BCUT2D eigenvalue weighted by Gasteiger charge is -2.02. The van der Waals surface area contributed by atoms with Gasteiger partial charge in [0.05, 0.1) is 17.9 Å². The highest BCUT2D eigenvalue weighted by Gasteiger charge is 2.15. The molecule has 3 rings (SSSR count). The molecule has 0 aliphatic rings. The van der Waals surface area contributed by atoms with Crippen LogP contribution in [0.4, 0.5) is 13.9 Å². The smallest absolute Gasteiger partial charge is 0.260 e. The minimum Gasteiger partial charge on any atom is -0.350 e. The zero-order chi connectivity index (χ0) is 19.2. The second-order valence-electron chi connectivity index (χ2n) is 5.10. The minimum absolute atomic E-state index is 0.150. The number of carbonyl (C=O) groups excluding carboxylic acids is 2. The lowest BCUT2D eigenvalue weighted by Crippen LogP contribution is -2.24. The van der Waals surface area contributed by atoms with Crippen LogP contribution in [-0.2, 0) is 11.3 Å². The molecule has 140 valence electrons. The van der Waals surface area contributed by atoms with Crippen molar-refractivity contribution < 1.29 is 18.4 Å². The van der Waals surface area contributed by atoms with Crippen LogP contribution in [-0.4, -0.2) is 27.8 Å². The van der Waals surface area contributed by atoms with Gasteiger partial charge >= 0.3 is 0 Å². The van der Waals surface area contributed by atoms with Crippen molar-refractivity contribution in [3.05, 3.63) is 57.8 Å². The summed E-state index contributed by atoms with van der Waals surface area (Å²) in [4.78, 5) is 24.9. The van der Waals surface area contributed by atoms with Crippen molar-refractivity contribution >= 4 is 51.4 Å². The molecule has 2 aromatic heterocycles. The Morgan fingerprint density at radius 3 is 2.78 bits per heavy atom. The first-order valence-corrected chi connectivity index (χ1v) is 10.2.